The van der Waals surface area contributed by atoms with Crippen molar-refractivity contribution in [1.82, 2.24) is 4.31 Å². The highest BCUT2D eigenvalue weighted by molar-refractivity contribution is 7.89. The first-order valence-electron chi connectivity index (χ1n) is 5.18. The molecule has 0 aromatic carbocycles. The predicted octanol–water partition coefficient (Wildman–Crippen LogP) is 0.635. The van der Waals surface area contributed by atoms with Gasteiger partial charge < -0.3 is 14.3 Å². The number of methoxy groups -OCH3 is 1. The van der Waals surface area contributed by atoms with Crippen molar-refractivity contribution in [2.45, 2.75) is 11.5 Å². The van der Waals surface area contributed by atoms with E-state index in [1.165, 1.54) is 14.2 Å². The van der Waals surface area contributed by atoms with Gasteiger partial charge in [-0.2, -0.15) is 4.31 Å². The Hall–Kier alpha value is -1.38. The van der Waals surface area contributed by atoms with Gasteiger partial charge in [-0.05, 0) is 18.6 Å². The quantitative estimate of drug-likeness (QED) is 0.734. The van der Waals surface area contributed by atoms with Gasteiger partial charge in [0.05, 0.1) is 0 Å². The second-order valence-electron chi connectivity index (χ2n) is 3.60. The summed E-state index contributed by atoms with van der Waals surface area (Å²) in [5.41, 5.74) is 0. The van der Waals surface area contributed by atoms with Crippen molar-refractivity contribution in [3.8, 4) is 0 Å². The minimum absolute atomic E-state index is 0.263. The second-order valence-corrected chi connectivity index (χ2v) is 5.57. The summed E-state index contributed by atoms with van der Waals surface area (Å²) in [5.74, 6) is -1.71. The third-order valence-corrected chi connectivity index (χ3v) is 4.01. The van der Waals surface area contributed by atoms with Crippen molar-refractivity contribution in [1.29, 1.82) is 0 Å². The molecule has 0 aliphatic rings. The number of hydrogen-bond acceptors (Lipinski definition) is 5. The van der Waals surface area contributed by atoms with Crippen LogP contribution in [-0.4, -0.2) is 51.1 Å². The molecule has 1 aromatic heterocycles. The molecule has 7 nitrogen and oxygen atoms in total. The molecule has 0 spiro atoms. The summed E-state index contributed by atoms with van der Waals surface area (Å²) in [5, 5.41) is 8.28. The summed E-state index contributed by atoms with van der Waals surface area (Å²) in [6.45, 7) is 0.706. The van der Waals surface area contributed by atoms with Gasteiger partial charge in [-0.1, -0.05) is 0 Å². The number of nitrogens with zero attached hydrogens (tertiary/aromatic N) is 1. The van der Waals surface area contributed by atoms with Gasteiger partial charge >= 0.3 is 5.97 Å². The molecule has 8 heteroatoms. The largest absolute Gasteiger partial charge is 0.475 e. The van der Waals surface area contributed by atoms with Crippen molar-refractivity contribution in [2.75, 3.05) is 27.3 Å². The Kier molecular flexibility index (Phi) is 4.88. The molecule has 0 aliphatic heterocycles. The molecule has 0 unspecified atom stereocenters. The maximum Gasteiger partial charge on any atom is 0.371 e. The molecule has 0 radical (unpaired) electrons. The maximum absolute atomic E-state index is 12.0. The predicted molar refractivity (Wildman–Crippen MR) is 62.0 cm³/mol. The van der Waals surface area contributed by atoms with Crippen LogP contribution in [0.15, 0.2) is 21.6 Å². The van der Waals surface area contributed by atoms with E-state index < -0.39 is 21.8 Å². The molecule has 1 rings (SSSR count). The lowest BCUT2D eigenvalue weighted by Gasteiger charge is -2.14. The topological polar surface area (TPSA) is 97.0 Å². The van der Waals surface area contributed by atoms with Crippen LogP contribution in [0.2, 0.25) is 0 Å². The van der Waals surface area contributed by atoms with E-state index in [4.69, 9.17) is 14.3 Å². The third kappa shape index (κ3) is 3.31. The van der Waals surface area contributed by atoms with Crippen molar-refractivity contribution < 1.29 is 27.5 Å². The van der Waals surface area contributed by atoms with E-state index in [-0.39, 0.29) is 11.6 Å². The van der Waals surface area contributed by atoms with Crippen LogP contribution in [0.1, 0.15) is 17.0 Å². The highest BCUT2D eigenvalue weighted by atomic mass is 32.2. The molecule has 102 valence electrons. The van der Waals surface area contributed by atoms with Gasteiger partial charge in [0.25, 0.3) is 10.0 Å². The fourth-order valence-corrected chi connectivity index (χ4v) is 2.39. The SMILES string of the molecule is COCCCN(C)S(=O)(=O)c1ccc(C(=O)O)o1. The molecule has 0 bridgehead atoms. The summed E-state index contributed by atoms with van der Waals surface area (Å²) in [4.78, 5) is 10.6. The molecular formula is C10H15NO6S. The molecule has 1 N–H and O–H groups in total. The number of rotatable bonds is 7. The summed E-state index contributed by atoms with van der Waals surface area (Å²) < 4.78 is 34.6. The van der Waals surface area contributed by atoms with Crippen molar-refractivity contribution in [2.24, 2.45) is 0 Å². The first-order chi connectivity index (χ1) is 8.39. The van der Waals surface area contributed by atoms with E-state index in [0.717, 1.165) is 16.4 Å². The number of ether oxygens (including phenoxy) is 1. The van der Waals surface area contributed by atoms with Crippen LogP contribution in [0.5, 0.6) is 0 Å². The zero-order chi connectivity index (χ0) is 13.8. The average molecular weight is 277 g/mol. The number of aromatic carboxylic acids is 1. The summed E-state index contributed by atoms with van der Waals surface area (Å²) in [6.07, 6.45) is 0.540. The molecule has 0 saturated carbocycles. The molecule has 0 saturated heterocycles. The van der Waals surface area contributed by atoms with Gasteiger partial charge in [0.15, 0.2) is 0 Å². The van der Waals surface area contributed by atoms with E-state index in [1.54, 1.807) is 0 Å². The lowest BCUT2D eigenvalue weighted by atomic mass is 10.5. The standard InChI is InChI=1S/C10H15NO6S/c1-11(6-3-7-16-2)18(14,15)9-5-4-8(17-9)10(12)13/h4-5H,3,6-7H2,1-2H3,(H,12,13). The number of sulfonamides is 1. The maximum atomic E-state index is 12.0. The van der Waals surface area contributed by atoms with Gasteiger partial charge in [-0.15, -0.1) is 0 Å². The molecule has 18 heavy (non-hydrogen) atoms. The number of carboxylic acids is 1. The van der Waals surface area contributed by atoms with E-state index in [1.807, 2.05) is 0 Å². The Labute approximate surface area is 105 Å². The summed E-state index contributed by atoms with van der Waals surface area (Å²) in [6, 6.07) is 2.24. The van der Waals surface area contributed by atoms with Crippen LogP contribution >= 0.6 is 0 Å². The zero-order valence-corrected chi connectivity index (χ0v) is 10.9. The van der Waals surface area contributed by atoms with E-state index in [2.05, 4.69) is 0 Å². The monoisotopic (exact) mass is 277 g/mol. The van der Waals surface area contributed by atoms with E-state index >= 15 is 0 Å². The molecule has 0 aliphatic carbocycles. The number of furan rings is 1. The molecule has 0 atom stereocenters. The minimum atomic E-state index is -3.78. The molecule has 0 amide bonds. The zero-order valence-electron chi connectivity index (χ0n) is 10.1. The number of carbonyl (C=O) groups is 1. The summed E-state index contributed by atoms with van der Waals surface area (Å²) >= 11 is 0. The third-order valence-electron chi connectivity index (χ3n) is 2.28. The smallest absolute Gasteiger partial charge is 0.371 e. The minimum Gasteiger partial charge on any atom is -0.475 e. The van der Waals surface area contributed by atoms with Gasteiger partial charge in [0.2, 0.25) is 10.9 Å². The van der Waals surface area contributed by atoms with E-state index in [9.17, 15) is 13.2 Å². The van der Waals surface area contributed by atoms with Gasteiger partial charge in [-0.25, -0.2) is 13.2 Å². The lowest BCUT2D eigenvalue weighted by molar-refractivity contribution is 0.0656. The van der Waals surface area contributed by atoms with Gasteiger partial charge in [0, 0.05) is 27.3 Å². The lowest BCUT2D eigenvalue weighted by Crippen LogP contribution is -2.28. The van der Waals surface area contributed by atoms with E-state index in [0.29, 0.717) is 13.0 Å². The Balaban J connectivity index is 2.81. The Morgan fingerprint density at radius 2 is 2.17 bits per heavy atom. The molecular weight excluding hydrogens is 262 g/mol. The average Bonchev–Trinajstić information content (AvgIpc) is 2.79. The van der Waals surface area contributed by atoms with Crippen LogP contribution in [0.3, 0.4) is 0 Å². The first-order valence-corrected chi connectivity index (χ1v) is 6.62. The van der Waals surface area contributed by atoms with Crippen molar-refractivity contribution in [3.05, 3.63) is 17.9 Å². The van der Waals surface area contributed by atoms with Crippen LogP contribution in [-0.2, 0) is 14.8 Å². The normalized spacial score (nSPS) is 11.9. The van der Waals surface area contributed by atoms with Crippen LogP contribution in [0.4, 0.5) is 0 Å². The molecule has 0 fully saturated rings. The number of hydrogen-bond donors (Lipinski definition) is 1. The summed E-state index contributed by atoms with van der Waals surface area (Å²) in [7, 11) is -0.860. The first kappa shape index (κ1) is 14.7. The molecule has 1 aromatic rings. The highest BCUT2D eigenvalue weighted by Crippen LogP contribution is 2.17. The van der Waals surface area contributed by atoms with Crippen molar-refractivity contribution in [3.63, 3.8) is 0 Å². The van der Waals surface area contributed by atoms with Gasteiger partial charge in [-0.3, -0.25) is 0 Å². The van der Waals surface area contributed by atoms with Crippen LogP contribution in [0.25, 0.3) is 0 Å². The Bertz CT molecular complexity index is 506. The Morgan fingerprint density at radius 3 is 2.67 bits per heavy atom. The second kappa shape index (κ2) is 5.98. The van der Waals surface area contributed by atoms with Crippen LogP contribution < -0.4 is 0 Å². The fraction of sp³-hybridized carbons (Fsp3) is 0.500. The van der Waals surface area contributed by atoms with Crippen molar-refractivity contribution >= 4 is 16.0 Å². The molecule has 1 heterocycles. The number of carboxylic acid groups (broad SMARTS) is 1. The fourth-order valence-electron chi connectivity index (χ4n) is 1.28. The highest BCUT2D eigenvalue weighted by Gasteiger charge is 2.25. The van der Waals surface area contributed by atoms with Gasteiger partial charge in [0.1, 0.15) is 0 Å². The Morgan fingerprint density at radius 1 is 1.50 bits per heavy atom. The van der Waals surface area contributed by atoms with Crippen LogP contribution in [0, 0.1) is 0 Å².